The minimum Gasteiger partial charge on any atom is -0.356 e. The molecule has 154 valence electrons. The zero-order valence-corrected chi connectivity index (χ0v) is 18.0. The van der Waals surface area contributed by atoms with Crippen molar-refractivity contribution < 1.29 is 9.47 Å². The summed E-state index contributed by atoms with van der Waals surface area (Å²) in [5.74, 6) is 3.61. The van der Waals surface area contributed by atoms with Crippen LogP contribution in [-0.4, -0.2) is 20.5 Å². The van der Waals surface area contributed by atoms with E-state index in [2.05, 4.69) is 6.92 Å². The van der Waals surface area contributed by atoms with E-state index in [1.807, 2.05) is 0 Å². The summed E-state index contributed by atoms with van der Waals surface area (Å²) >= 11 is 0. The van der Waals surface area contributed by atoms with Gasteiger partial charge in [0, 0.05) is 20.1 Å². The Hall–Kier alpha value is -0.0800. The van der Waals surface area contributed by atoms with Gasteiger partial charge in [-0.3, -0.25) is 0 Å². The van der Waals surface area contributed by atoms with Crippen LogP contribution in [0.1, 0.15) is 110 Å². The second-order valence-corrected chi connectivity index (χ2v) is 9.27. The van der Waals surface area contributed by atoms with Gasteiger partial charge in [-0.15, -0.1) is 0 Å². The molecule has 0 amide bonds. The van der Waals surface area contributed by atoms with E-state index < -0.39 is 0 Å². The van der Waals surface area contributed by atoms with E-state index in [9.17, 15) is 0 Å². The van der Waals surface area contributed by atoms with Gasteiger partial charge < -0.3 is 9.47 Å². The molecule has 0 heterocycles. The summed E-state index contributed by atoms with van der Waals surface area (Å²) in [5.41, 5.74) is 0. The zero-order chi connectivity index (χ0) is 18.6. The summed E-state index contributed by atoms with van der Waals surface area (Å²) in [7, 11) is 3.58. The summed E-state index contributed by atoms with van der Waals surface area (Å²) in [5, 5.41) is 0. The lowest BCUT2D eigenvalue weighted by Gasteiger charge is -2.24. The predicted molar refractivity (Wildman–Crippen MR) is 111 cm³/mol. The van der Waals surface area contributed by atoms with Gasteiger partial charge in [0.15, 0.2) is 6.29 Å². The fourth-order valence-electron chi connectivity index (χ4n) is 4.73. The first-order valence-electron chi connectivity index (χ1n) is 11.8. The monoisotopic (exact) mass is 366 g/mol. The molecule has 2 rings (SSSR count). The van der Waals surface area contributed by atoms with E-state index in [0.717, 1.165) is 17.8 Å². The van der Waals surface area contributed by atoms with Gasteiger partial charge in [-0.25, -0.2) is 0 Å². The maximum absolute atomic E-state index is 5.52. The number of ether oxygens (including phenoxy) is 2. The van der Waals surface area contributed by atoms with E-state index in [-0.39, 0.29) is 6.29 Å². The molecule has 2 fully saturated rings. The van der Waals surface area contributed by atoms with E-state index in [1.54, 1.807) is 14.2 Å². The topological polar surface area (TPSA) is 18.5 Å². The van der Waals surface area contributed by atoms with Crippen molar-refractivity contribution in [2.75, 3.05) is 14.2 Å². The summed E-state index contributed by atoms with van der Waals surface area (Å²) < 4.78 is 11.0. The van der Waals surface area contributed by atoms with Gasteiger partial charge >= 0.3 is 0 Å². The highest BCUT2D eigenvalue weighted by Gasteiger charge is 2.36. The van der Waals surface area contributed by atoms with Gasteiger partial charge in [0.25, 0.3) is 0 Å². The molecule has 26 heavy (non-hydrogen) atoms. The number of methoxy groups -OCH3 is 2. The van der Waals surface area contributed by atoms with Gasteiger partial charge in [-0.2, -0.15) is 0 Å². The Kier molecular flexibility index (Phi) is 11.2. The van der Waals surface area contributed by atoms with Crippen molar-refractivity contribution in [2.24, 2.45) is 23.7 Å². The Morgan fingerprint density at radius 2 is 1.04 bits per heavy atom. The predicted octanol–water partition coefficient (Wildman–Crippen LogP) is 7.36. The second kappa shape index (κ2) is 13.2. The van der Waals surface area contributed by atoms with Crippen molar-refractivity contribution >= 4 is 0 Å². The quantitative estimate of drug-likeness (QED) is 0.186. The van der Waals surface area contributed by atoms with Crippen molar-refractivity contribution in [2.45, 2.75) is 116 Å². The summed E-state index contributed by atoms with van der Waals surface area (Å²) in [6.07, 6.45) is 23.0. The van der Waals surface area contributed by atoms with Crippen molar-refractivity contribution in [1.82, 2.24) is 0 Å². The normalized spacial score (nSPS) is 19.8. The molecule has 2 aliphatic carbocycles. The Bertz CT molecular complexity index is 331. The lowest BCUT2D eigenvalue weighted by atomic mass is 9.95. The number of rotatable bonds is 18. The van der Waals surface area contributed by atoms with Crippen LogP contribution < -0.4 is 0 Å². The first-order chi connectivity index (χ1) is 12.8. The third-order valence-electron chi connectivity index (χ3n) is 6.92. The fourth-order valence-corrected chi connectivity index (χ4v) is 4.73. The number of hydrogen-bond acceptors (Lipinski definition) is 2. The van der Waals surface area contributed by atoms with Gasteiger partial charge in [0.2, 0.25) is 0 Å². The first-order valence-corrected chi connectivity index (χ1v) is 11.8. The molecule has 0 aromatic rings. The molecule has 0 bridgehead atoms. The highest BCUT2D eigenvalue weighted by molar-refractivity contribution is 4.83. The maximum atomic E-state index is 5.52. The lowest BCUT2D eigenvalue weighted by molar-refractivity contribution is -0.144. The third kappa shape index (κ3) is 9.22. The molecule has 0 aromatic heterocycles. The van der Waals surface area contributed by atoms with E-state index in [1.165, 1.54) is 103 Å². The molecule has 0 spiro atoms. The maximum Gasteiger partial charge on any atom is 0.159 e. The average Bonchev–Trinajstić information content (AvgIpc) is 3.54. The van der Waals surface area contributed by atoms with Crippen LogP contribution in [0.4, 0.5) is 0 Å². The third-order valence-corrected chi connectivity index (χ3v) is 6.92. The van der Waals surface area contributed by atoms with E-state index >= 15 is 0 Å². The highest BCUT2D eigenvalue weighted by atomic mass is 16.7. The minimum atomic E-state index is 0.0229. The van der Waals surface area contributed by atoms with E-state index in [0.29, 0.717) is 5.92 Å². The summed E-state index contributed by atoms with van der Waals surface area (Å²) in [4.78, 5) is 0. The molecule has 2 atom stereocenters. The SMILES string of the molecule is COC(OC)C(CCCCCCCCCCCCC(C)C1CC1)C1CC1. The second-order valence-electron chi connectivity index (χ2n) is 9.27. The molecule has 2 nitrogen and oxygen atoms in total. The summed E-state index contributed by atoms with van der Waals surface area (Å²) in [6, 6.07) is 0. The van der Waals surface area contributed by atoms with Gasteiger partial charge in [0.1, 0.15) is 0 Å². The van der Waals surface area contributed by atoms with Crippen molar-refractivity contribution in [3.05, 3.63) is 0 Å². The molecule has 0 radical (unpaired) electrons. The molecule has 0 aliphatic heterocycles. The Morgan fingerprint density at radius 3 is 1.46 bits per heavy atom. The number of hydrogen-bond donors (Lipinski definition) is 0. The van der Waals surface area contributed by atoms with Gasteiger partial charge in [-0.05, 0) is 49.9 Å². The lowest BCUT2D eigenvalue weighted by Crippen LogP contribution is -2.26. The van der Waals surface area contributed by atoms with Crippen molar-refractivity contribution in [3.63, 3.8) is 0 Å². The fraction of sp³-hybridized carbons (Fsp3) is 1.00. The molecule has 2 unspecified atom stereocenters. The Morgan fingerprint density at radius 1 is 0.615 bits per heavy atom. The zero-order valence-electron chi connectivity index (χ0n) is 18.0. The molecule has 0 saturated heterocycles. The molecule has 0 aromatic carbocycles. The van der Waals surface area contributed by atoms with E-state index in [4.69, 9.17) is 9.47 Å². The first kappa shape index (κ1) is 22.2. The van der Waals surface area contributed by atoms with Gasteiger partial charge in [0.05, 0.1) is 0 Å². The van der Waals surface area contributed by atoms with Crippen LogP contribution in [-0.2, 0) is 9.47 Å². The number of unbranched alkanes of at least 4 members (excludes halogenated alkanes) is 9. The minimum absolute atomic E-state index is 0.0229. The molecule has 0 N–H and O–H groups in total. The van der Waals surface area contributed by atoms with Crippen LogP contribution >= 0.6 is 0 Å². The molecular weight excluding hydrogens is 320 g/mol. The van der Waals surface area contributed by atoms with Crippen molar-refractivity contribution in [3.8, 4) is 0 Å². The van der Waals surface area contributed by atoms with Crippen LogP contribution in [0.3, 0.4) is 0 Å². The van der Waals surface area contributed by atoms with Crippen LogP contribution in [0.2, 0.25) is 0 Å². The Labute approximate surface area is 163 Å². The Balaban J connectivity index is 1.33. The van der Waals surface area contributed by atoms with Crippen LogP contribution in [0.5, 0.6) is 0 Å². The highest BCUT2D eigenvalue weighted by Crippen LogP contribution is 2.42. The summed E-state index contributed by atoms with van der Waals surface area (Å²) in [6.45, 7) is 2.47. The van der Waals surface area contributed by atoms with Crippen molar-refractivity contribution in [1.29, 1.82) is 0 Å². The smallest absolute Gasteiger partial charge is 0.159 e. The molecular formula is C24H46O2. The molecule has 2 saturated carbocycles. The molecule has 2 heteroatoms. The van der Waals surface area contributed by atoms with Crippen LogP contribution in [0.15, 0.2) is 0 Å². The largest absolute Gasteiger partial charge is 0.356 e. The standard InChI is InChI=1S/C24H46O2/c1-20(21-16-17-21)14-12-10-8-6-4-5-7-9-11-13-15-23(22-18-19-22)24(25-2)26-3/h20-24H,4-19H2,1-3H3. The average molecular weight is 367 g/mol. The van der Waals surface area contributed by atoms with Crippen LogP contribution in [0.25, 0.3) is 0 Å². The molecule has 2 aliphatic rings. The van der Waals surface area contributed by atoms with Crippen LogP contribution in [0, 0.1) is 23.7 Å². The van der Waals surface area contributed by atoms with Gasteiger partial charge in [-0.1, -0.05) is 77.6 Å².